The molecule has 1 N–H and O–H groups in total. The number of likely N-dealkylation sites (tertiary alicyclic amines) is 1. The lowest BCUT2D eigenvalue weighted by molar-refractivity contribution is 0.0757. The summed E-state index contributed by atoms with van der Waals surface area (Å²) in [6.45, 7) is 3.82. The normalized spacial score (nSPS) is 18.8. The summed E-state index contributed by atoms with van der Waals surface area (Å²) in [5, 5.41) is 12.2. The van der Waals surface area contributed by atoms with Crippen molar-refractivity contribution in [1.82, 2.24) is 4.90 Å². The number of hydrogen-bond donors (Lipinski definition) is 1. The summed E-state index contributed by atoms with van der Waals surface area (Å²) in [5.41, 5.74) is 0.428. The van der Waals surface area contributed by atoms with Crippen LogP contribution in [0.25, 0.3) is 10.8 Å². The highest BCUT2D eigenvalue weighted by molar-refractivity contribution is 6.01. The third-order valence-electron chi connectivity index (χ3n) is 4.93. The van der Waals surface area contributed by atoms with Crippen molar-refractivity contribution in [2.45, 2.75) is 39.0 Å². The quantitative estimate of drug-likeness (QED) is 0.900. The van der Waals surface area contributed by atoms with Gasteiger partial charge in [0.1, 0.15) is 5.75 Å². The van der Waals surface area contributed by atoms with Crippen molar-refractivity contribution >= 4 is 16.7 Å². The molecule has 1 aliphatic heterocycles. The summed E-state index contributed by atoms with van der Waals surface area (Å²) < 4.78 is 0. The Morgan fingerprint density at radius 3 is 2.65 bits per heavy atom. The third-order valence-corrected chi connectivity index (χ3v) is 4.93. The van der Waals surface area contributed by atoms with Crippen LogP contribution in [0.3, 0.4) is 0 Å². The summed E-state index contributed by atoms with van der Waals surface area (Å²) in [6.07, 6.45) is 5.81. The highest BCUT2D eigenvalue weighted by atomic mass is 16.3. The van der Waals surface area contributed by atoms with Crippen molar-refractivity contribution < 1.29 is 9.90 Å². The maximum atomic E-state index is 12.8. The Bertz CT molecular complexity index is 695. The molecule has 0 aliphatic carbocycles. The molecule has 122 valence electrons. The molecule has 1 saturated heterocycles. The Hall–Kier alpha value is -2.03. The van der Waals surface area contributed by atoms with Gasteiger partial charge in [0.25, 0.3) is 5.91 Å². The van der Waals surface area contributed by atoms with Crippen LogP contribution in [0.5, 0.6) is 5.75 Å². The standard InChI is InChI=1S/C20H25NO2/c1-2-6-15-7-5-11-21(12-10-15)20(23)18-13-16-8-3-4-9-17(16)14-19(18)22/h3-4,8-9,13-15,22H,2,5-7,10-12H2,1H3/t15-/m1/s1. The van der Waals surface area contributed by atoms with Crippen molar-refractivity contribution in [2.75, 3.05) is 13.1 Å². The third kappa shape index (κ3) is 3.49. The number of nitrogens with zero attached hydrogens (tertiary/aromatic N) is 1. The minimum atomic E-state index is -0.0367. The topological polar surface area (TPSA) is 40.5 Å². The number of carbonyl (C=O) groups is 1. The van der Waals surface area contributed by atoms with E-state index >= 15 is 0 Å². The number of fused-ring (bicyclic) bond motifs is 1. The first kappa shape index (κ1) is 15.9. The molecule has 1 fully saturated rings. The second-order valence-corrected chi connectivity index (χ2v) is 6.59. The molecule has 1 heterocycles. The van der Waals surface area contributed by atoms with E-state index in [-0.39, 0.29) is 11.7 Å². The van der Waals surface area contributed by atoms with Gasteiger partial charge in [-0.25, -0.2) is 0 Å². The molecule has 1 atom stereocenters. The fraction of sp³-hybridized carbons (Fsp3) is 0.450. The second kappa shape index (κ2) is 7.03. The first-order valence-corrected chi connectivity index (χ1v) is 8.70. The van der Waals surface area contributed by atoms with Crippen molar-refractivity contribution in [3.63, 3.8) is 0 Å². The fourth-order valence-electron chi connectivity index (χ4n) is 3.64. The molecular weight excluding hydrogens is 286 g/mol. The monoisotopic (exact) mass is 311 g/mol. The molecule has 3 rings (SSSR count). The zero-order valence-corrected chi connectivity index (χ0v) is 13.8. The van der Waals surface area contributed by atoms with E-state index in [0.717, 1.165) is 42.6 Å². The van der Waals surface area contributed by atoms with Crippen LogP contribution in [0.15, 0.2) is 36.4 Å². The molecule has 3 nitrogen and oxygen atoms in total. The number of hydrogen-bond acceptors (Lipinski definition) is 2. The lowest BCUT2D eigenvalue weighted by Gasteiger charge is -2.21. The number of rotatable bonds is 3. The first-order valence-electron chi connectivity index (χ1n) is 8.70. The summed E-state index contributed by atoms with van der Waals surface area (Å²) in [5.74, 6) is 0.788. The minimum absolute atomic E-state index is 0.0367. The van der Waals surface area contributed by atoms with Crippen LogP contribution in [0.1, 0.15) is 49.4 Å². The first-order chi connectivity index (χ1) is 11.2. The van der Waals surface area contributed by atoms with Gasteiger partial charge >= 0.3 is 0 Å². The largest absolute Gasteiger partial charge is 0.507 e. The van der Waals surface area contributed by atoms with Crippen LogP contribution >= 0.6 is 0 Å². The molecule has 1 aliphatic rings. The molecule has 0 unspecified atom stereocenters. The minimum Gasteiger partial charge on any atom is -0.507 e. The molecule has 23 heavy (non-hydrogen) atoms. The average molecular weight is 311 g/mol. The van der Waals surface area contributed by atoms with Crippen LogP contribution in [0.4, 0.5) is 0 Å². The van der Waals surface area contributed by atoms with Gasteiger partial charge in [0.15, 0.2) is 0 Å². The Morgan fingerprint density at radius 1 is 1.17 bits per heavy atom. The van der Waals surface area contributed by atoms with E-state index in [4.69, 9.17) is 0 Å². The maximum absolute atomic E-state index is 12.8. The van der Waals surface area contributed by atoms with Gasteiger partial charge in [-0.2, -0.15) is 0 Å². The number of benzene rings is 2. The van der Waals surface area contributed by atoms with Crippen molar-refractivity contribution in [3.05, 3.63) is 42.0 Å². The summed E-state index contributed by atoms with van der Waals surface area (Å²) in [4.78, 5) is 14.8. The molecule has 0 aromatic heterocycles. The maximum Gasteiger partial charge on any atom is 0.257 e. The van der Waals surface area contributed by atoms with E-state index in [1.165, 1.54) is 19.3 Å². The second-order valence-electron chi connectivity index (χ2n) is 6.59. The van der Waals surface area contributed by atoms with Crippen LogP contribution < -0.4 is 0 Å². The molecule has 2 aromatic rings. The number of amides is 1. The molecular formula is C20H25NO2. The number of phenols is 1. The smallest absolute Gasteiger partial charge is 0.257 e. The van der Waals surface area contributed by atoms with Gasteiger partial charge in [-0.05, 0) is 48.1 Å². The number of carbonyl (C=O) groups excluding carboxylic acids is 1. The summed E-state index contributed by atoms with van der Waals surface area (Å²) in [7, 11) is 0. The Morgan fingerprint density at radius 2 is 1.91 bits per heavy atom. The van der Waals surface area contributed by atoms with Gasteiger partial charge in [-0.15, -0.1) is 0 Å². The van der Waals surface area contributed by atoms with Crippen LogP contribution in [0, 0.1) is 5.92 Å². The number of phenolic OH excluding ortho intramolecular Hbond substituents is 1. The predicted molar refractivity (Wildman–Crippen MR) is 93.8 cm³/mol. The highest BCUT2D eigenvalue weighted by Gasteiger charge is 2.23. The summed E-state index contributed by atoms with van der Waals surface area (Å²) in [6, 6.07) is 11.3. The van der Waals surface area contributed by atoms with E-state index in [0.29, 0.717) is 5.56 Å². The van der Waals surface area contributed by atoms with Crippen molar-refractivity contribution in [2.24, 2.45) is 5.92 Å². The van der Waals surface area contributed by atoms with Crippen molar-refractivity contribution in [3.8, 4) is 5.75 Å². The highest BCUT2D eigenvalue weighted by Crippen LogP contribution is 2.28. The van der Waals surface area contributed by atoms with Crippen LogP contribution in [0.2, 0.25) is 0 Å². The molecule has 0 bridgehead atoms. The van der Waals surface area contributed by atoms with Gasteiger partial charge in [0.2, 0.25) is 0 Å². The Balaban J connectivity index is 1.81. The molecule has 2 aromatic carbocycles. The van der Waals surface area contributed by atoms with E-state index in [9.17, 15) is 9.90 Å². The van der Waals surface area contributed by atoms with E-state index < -0.39 is 0 Å². The van der Waals surface area contributed by atoms with E-state index in [2.05, 4.69) is 6.92 Å². The van der Waals surface area contributed by atoms with E-state index in [1.54, 1.807) is 6.07 Å². The van der Waals surface area contributed by atoms with Gasteiger partial charge in [-0.3, -0.25) is 4.79 Å². The van der Waals surface area contributed by atoms with Crippen LogP contribution in [-0.4, -0.2) is 29.0 Å². The van der Waals surface area contributed by atoms with Gasteiger partial charge < -0.3 is 10.0 Å². The van der Waals surface area contributed by atoms with E-state index in [1.807, 2.05) is 35.2 Å². The molecule has 3 heteroatoms. The SMILES string of the molecule is CCC[C@@H]1CCCN(C(=O)c2cc3ccccc3cc2O)CC1. The molecule has 0 radical (unpaired) electrons. The van der Waals surface area contributed by atoms with Crippen molar-refractivity contribution in [1.29, 1.82) is 0 Å². The Labute approximate surface area is 137 Å². The predicted octanol–water partition coefficient (Wildman–Crippen LogP) is 4.59. The summed E-state index contributed by atoms with van der Waals surface area (Å²) >= 11 is 0. The molecule has 0 saturated carbocycles. The van der Waals surface area contributed by atoms with Gasteiger partial charge in [0, 0.05) is 13.1 Å². The Kier molecular flexibility index (Phi) is 4.85. The fourth-order valence-corrected chi connectivity index (χ4v) is 3.64. The molecule has 1 amide bonds. The van der Waals surface area contributed by atoms with Gasteiger partial charge in [-0.1, -0.05) is 44.0 Å². The lowest BCUT2D eigenvalue weighted by atomic mass is 9.96. The average Bonchev–Trinajstić information content (AvgIpc) is 2.80. The molecule has 0 spiro atoms. The zero-order chi connectivity index (χ0) is 16.2. The lowest BCUT2D eigenvalue weighted by Crippen LogP contribution is -2.32. The number of aromatic hydroxyl groups is 1. The van der Waals surface area contributed by atoms with Crippen LogP contribution in [-0.2, 0) is 0 Å². The zero-order valence-electron chi connectivity index (χ0n) is 13.8. The van der Waals surface area contributed by atoms with Gasteiger partial charge in [0.05, 0.1) is 5.56 Å².